The average molecular weight is 376 g/mol. The van der Waals surface area contributed by atoms with Crippen LogP contribution in [0, 0.1) is 5.82 Å². The Morgan fingerprint density at radius 1 is 0.643 bits per heavy atom. The van der Waals surface area contributed by atoms with Gasteiger partial charge < -0.3 is 4.74 Å². The predicted molar refractivity (Wildman–Crippen MR) is 110 cm³/mol. The molecule has 1 fully saturated rings. The number of benzene rings is 3. The van der Waals surface area contributed by atoms with Crippen molar-refractivity contribution in [1.82, 2.24) is 9.80 Å². The van der Waals surface area contributed by atoms with Crippen molar-refractivity contribution in [1.29, 1.82) is 0 Å². The second kappa shape index (κ2) is 9.00. The number of rotatable bonds is 6. The van der Waals surface area contributed by atoms with Crippen LogP contribution in [0.1, 0.15) is 11.1 Å². The fourth-order valence-corrected chi connectivity index (χ4v) is 3.54. The van der Waals surface area contributed by atoms with Crippen LogP contribution >= 0.6 is 0 Å². The molecule has 0 atom stereocenters. The quantitative estimate of drug-likeness (QED) is 0.606. The molecule has 0 spiro atoms. The SMILES string of the molecule is Fc1ccc(CN2CCN(Cc3cccc(Oc4ccccc4)c3)CC2)cc1. The third kappa shape index (κ3) is 5.18. The molecule has 144 valence electrons. The van der Waals surface area contributed by atoms with Crippen LogP contribution in [0.5, 0.6) is 11.5 Å². The van der Waals surface area contributed by atoms with Gasteiger partial charge in [0.1, 0.15) is 17.3 Å². The van der Waals surface area contributed by atoms with Gasteiger partial charge in [-0.05, 0) is 47.5 Å². The van der Waals surface area contributed by atoms with E-state index in [1.807, 2.05) is 48.5 Å². The van der Waals surface area contributed by atoms with Crippen molar-refractivity contribution >= 4 is 0 Å². The Labute approximate surface area is 166 Å². The monoisotopic (exact) mass is 376 g/mol. The number of nitrogens with zero attached hydrogens (tertiary/aromatic N) is 2. The molecule has 0 aliphatic carbocycles. The minimum absolute atomic E-state index is 0.174. The number of hydrogen-bond donors (Lipinski definition) is 0. The van der Waals surface area contributed by atoms with Crippen LogP contribution in [0.25, 0.3) is 0 Å². The summed E-state index contributed by atoms with van der Waals surface area (Å²) < 4.78 is 19.0. The van der Waals surface area contributed by atoms with Crippen molar-refractivity contribution in [2.75, 3.05) is 26.2 Å². The van der Waals surface area contributed by atoms with Gasteiger partial charge in [-0.15, -0.1) is 0 Å². The summed E-state index contributed by atoms with van der Waals surface area (Å²) in [7, 11) is 0. The van der Waals surface area contributed by atoms with E-state index in [0.29, 0.717) is 0 Å². The lowest BCUT2D eigenvalue weighted by atomic mass is 10.1. The van der Waals surface area contributed by atoms with Crippen LogP contribution in [0.3, 0.4) is 0 Å². The first-order valence-electron chi connectivity index (χ1n) is 9.76. The van der Waals surface area contributed by atoms with Crippen molar-refractivity contribution in [3.63, 3.8) is 0 Å². The molecule has 0 bridgehead atoms. The highest BCUT2D eigenvalue weighted by atomic mass is 19.1. The molecule has 4 heteroatoms. The average Bonchev–Trinajstić information content (AvgIpc) is 2.72. The number of piperazine rings is 1. The molecule has 1 heterocycles. The fourth-order valence-electron chi connectivity index (χ4n) is 3.54. The van der Waals surface area contributed by atoms with Crippen molar-refractivity contribution in [3.05, 3.63) is 95.8 Å². The molecular formula is C24H25FN2O. The second-order valence-corrected chi connectivity index (χ2v) is 7.24. The first-order chi connectivity index (χ1) is 13.7. The third-order valence-corrected chi connectivity index (χ3v) is 5.07. The summed E-state index contributed by atoms with van der Waals surface area (Å²) in [4.78, 5) is 4.90. The Kier molecular flexibility index (Phi) is 6.00. The molecule has 0 aromatic heterocycles. The zero-order chi connectivity index (χ0) is 19.2. The summed E-state index contributed by atoms with van der Waals surface area (Å²) in [5, 5.41) is 0. The zero-order valence-corrected chi connectivity index (χ0v) is 15.9. The first kappa shape index (κ1) is 18.7. The third-order valence-electron chi connectivity index (χ3n) is 5.07. The molecular weight excluding hydrogens is 351 g/mol. The van der Waals surface area contributed by atoms with Crippen LogP contribution in [-0.2, 0) is 13.1 Å². The smallest absolute Gasteiger partial charge is 0.127 e. The second-order valence-electron chi connectivity index (χ2n) is 7.24. The summed E-state index contributed by atoms with van der Waals surface area (Å²) >= 11 is 0. The van der Waals surface area contributed by atoms with Gasteiger partial charge in [-0.2, -0.15) is 0 Å². The van der Waals surface area contributed by atoms with Crippen molar-refractivity contribution in [3.8, 4) is 11.5 Å². The maximum atomic E-state index is 13.0. The molecule has 0 unspecified atom stereocenters. The van der Waals surface area contributed by atoms with E-state index in [1.165, 1.54) is 23.3 Å². The summed E-state index contributed by atoms with van der Waals surface area (Å²) in [6, 6.07) is 25.0. The molecule has 0 amide bonds. The lowest BCUT2D eigenvalue weighted by Gasteiger charge is -2.34. The van der Waals surface area contributed by atoms with Crippen LogP contribution in [0.15, 0.2) is 78.9 Å². The minimum Gasteiger partial charge on any atom is -0.457 e. The van der Waals surface area contributed by atoms with Gasteiger partial charge >= 0.3 is 0 Å². The number of ether oxygens (including phenoxy) is 1. The van der Waals surface area contributed by atoms with Crippen LogP contribution in [0.2, 0.25) is 0 Å². The van der Waals surface area contributed by atoms with E-state index in [2.05, 4.69) is 28.0 Å². The van der Waals surface area contributed by atoms with Crippen LogP contribution in [0.4, 0.5) is 4.39 Å². The van der Waals surface area contributed by atoms with Gasteiger partial charge in [0, 0.05) is 39.3 Å². The fraction of sp³-hybridized carbons (Fsp3) is 0.250. The Bertz CT molecular complexity index is 875. The molecule has 3 aromatic rings. The Morgan fingerprint density at radius 2 is 1.25 bits per heavy atom. The highest BCUT2D eigenvalue weighted by Crippen LogP contribution is 2.22. The van der Waals surface area contributed by atoms with E-state index in [-0.39, 0.29) is 5.82 Å². The summed E-state index contributed by atoms with van der Waals surface area (Å²) in [5.74, 6) is 1.56. The maximum absolute atomic E-state index is 13.0. The first-order valence-corrected chi connectivity index (χ1v) is 9.76. The van der Waals surface area contributed by atoms with E-state index in [4.69, 9.17) is 4.74 Å². The maximum Gasteiger partial charge on any atom is 0.127 e. The zero-order valence-electron chi connectivity index (χ0n) is 15.9. The Balaban J connectivity index is 1.28. The van der Waals surface area contributed by atoms with Gasteiger partial charge in [0.25, 0.3) is 0 Å². The van der Waals surface area contributed by atoms with Gasteiger partial charge in [0.2, 0.25) is 0 Å². The van der Waals surface area contributed by atoms with Gasteiger partial charge in [0.15, 0.2) is 0 Å². The lowest BCUT2D eigenvalue weighted by Crippen LogP contribution is -2.45. The van der Waals surface area contributed by atoms with E-state index in [1.54, 1.807) is 0 Å². The molecule has 1 saturated heterocycles. The van der Waals surface area contributed by atoms with Crippen LogP contribution in [-0.4, -0.2) is 36.0 Å². The van der Waals surface area contributed by atoms with Crippen molar-refractivity contribution in [2.24, 2.45) is 0 Å². The summed E-state index contributed by atoms with van der Waals surface area (Å²) in [6.07, 6.45) is 0. The molecule has 28 heavy (non-hydrogen) atoms. The van der Waals surface area contributed by atoms with E-state index < -0.39 is 0 Å². The number of para-hydroxylation sites is 1. The summed E-state index contributed by atoms with van der Waals surface area (Å²) in [6.45, 7) is 5.93. The normalized spacial score (nSPS) is 15.5. The Morgan fingerprint density at radius 3 is 1.93 bits per heavy atom. The Hall–Kier alpha value is -2.69. The number of halogens is 1. The van der Waals surface area contributed by atoms with E-state index in [0.717, 1.165) is 50.8 Å². The topological polar surface area (TPSA) is 15.7 Å². The highest BCUT2D eigenvalue weighted by molar-refractivity contribution is 5.33. The van der Waals surface area contributed by atoms with Gasteiger partial charge in [-0.3, -0.25) is 9.80 Å². The molecule has 3 aromatic carbocycles. The molecule has 1 aliphatic rings. The molecule has 0 N–H and O–H groups in total. The molecule has 0 saturated carbocycles. The highest BCUT2D eigenvalue weighted by Gasteiger charge is 2.17. The van der Waals surface area contributed by atoms with Crippen molar-refractivity contribution < 1.29 is 9.13 Å². The lowest BCUT2D eigenvalue weighted by molar-refractivity contribution is 0.122. The van der Waals surface area contributed by atoms with Gasteiger partial charge in [0.05, 0.1) is 0 Å². The molecule has 1 aliphatic heterocycles. The largest absolute Gasteiger partial charge is 0.457 e. The molecule has 0 radical (unpaired) electrons. The van der Waals surface area contributed by atoms with Gasteiger partial charge in [-0.1, -0.05) is 42.5 Å². The summed E-state index contributed by atoms with van der Waals surface area (Å²) in [5.41, 5.74) is 2.43. The number of hydrogen-bond acceptors (Lipinski definition) is 3. The predicted octanol–water partition coefficient (Wildman–Crippen LogP) is 4.94. The van der Waals surface area contributed by atoms with E-state index in [9.17, 15) is 4.39 Å². The van der Waals surface area contributed by atoms with Gasteiger partial charge in [-0.25, -0.2) is 4.39 Å². The minimum atomic E-state index is -0.174. The van der Waals surface area contributed by atoms with Crippen molar-refractivity contribution in [2.45, 2.75) is 13.1 Å². The standard InChI is InChI=1S/C24H25FN2O/c25-22-11-9-20(10-12-22)18-26-13-15-27(16-14-26)19-21-5-4-8-24(17-21)28-23-6-2-1-3-7-23/h1-12,17H,13-16,18-19H2. The van der Waals surface area contributed by atoms with Crippen LogP contribution < -0.4 is 4.74 Å². The molecule has 4 rings (SSSR count). The van der Waals surface area contributed by atoms with E-state index >= 15 is 0 Å². The molecule has 3 nitrogen and oxygen atoms in total.